The molecule has 0 bridgehead atoms. The average molecular weight is 299 g/mol. The van der Waals surface area contributed by atoms with E-state index in [1.807, 2.05) is 24.3 Å². The molecule has 1 amide bonds. The Morgan fingerprint density at radius 1 is 1.23 bits per heavy atom. The smallest absolute Gasteiger partial charge is 0.255 e. The molecule has 2 rings (SSSR count). The Morgan fingerprint density at radius 3 is 2.68 bits per heavy atom. The van der Waals surface area contributed by atoms with E-state index in [-0.39, 0.29) is 5.91 Å². The summed E-state index contributed by atoms with van der Waals surface area (Å²) >= 11 is 0. The van der Waals surface area contributed by atoms with E-state index in [1.54, 1.807) is 25.4 Å². The van der Waals surface area contributed by atoms with Gasteiger partial charge in [0, 0.05) is 31.1 Å². The Hall–Kier alpha value is -2.40. The Labute approximate surface area is 130 Å². The van der Waals surface area contributed by atoms with Crippen LogP contribution in [0.1, 0.15) is 22.8 Å². The lowest BCUT2D eigenvalue weighted by Crippen LogP contribution is -2.14. The molecule has 116 valence electrons. The molecular formula is C17H21N3O2. The first-order valence-electron chi connectivity index (χ1n) is 7.32. The number of aryl methyl sites for hydroxylation is 1. The summed E-state index contributed by atoms with van der Waals surface area (Å²) in [4.78, 5) is 16.4. The molecule has 0 atom stereocenters. The number of hydrogen-bond donors (Lipinski definition) is 2. The fourth-order valence-electron chi connectivity index (χ4n) is 1.98. The summed E-state index contributed by atoms with van der Waals surface area (Å²) in [5.74, 6) is 0.507. The van der Waals surface area contributed by atoms with Gasteiger partial charge in [-0.05, 0) is 36.2 Å². The van der Waals surface area contributed by atoms with Gasteiger partial charge in [-0.3, -0.25) is 4.79 Å². The highest BCUT2D eigenvalue weighted by Gasteiger charge is 2.07. The van der Waals surface area contributed by atoms with Gasteiger partial charge in [-0.1, -0.05) is 19.1 Å². The van der Waals surface area contributed by atoms with Crippen LogP contribution in [0.3, 0.4) is 0 Å². The zero-order valence-corrected chi connectivity index (χ0v) is 12.9. The van der Waals surface area contributed by atoms with Gasteiger partial charge in [0.05, 0.1) is 6.61 Å². The molecule has 2 aromatic rings. The third kappa shape index (κ3) is 4.56. The van der Waals surface area contributed by atoms with E-state index in [4.69, 9.17) is 4.74 Å². The van der Waals surface area contributed by atoms with Crippen LogP contribution in [0.4, 0.5) is 11.5 Å². The van der Waals surface area contributed by atoms with Crippen LogP contribution in [0.5, 0.6) is 0 Å². The van der Waals surface area contributed by atoms with Crippen LogP contribution in [0.15, 0.2) is 42.6 Å². The highest BCUT2D eigenvalue weighted by atomic mass is 16.5. The number of hydrogen-bond acceptors (Lipinski definition) is 4. The molecule has 0 saturated heterocycles. The lowest BCUT2D eigenvalue weighted by atomic mass is 10.1. The molecule has 5 heteroatoms. The number of anilines is 2. The third-order valence-electron chi connectivity index (χ3n) is 3.25. The Kier molecular flexibility index (Phi) is 5.91. The van der Waals surface area contributed by atoms with Gasteiger partial charge >= 0.3 is 0 Å². The lowest BCUT2D eigenvalue weighted by molar-refractivity contribution is 0.102. The molecule has 5 nitrogen and oxygen atoms in total. The van der Waals surface area contributed by atoms with Crippen molar-refractivity contribution in [1.29, 1.82) is 0 Å². The molecule has 0 spiro atoms. The molecule has 0 fully saturated rings. The van der Waals surface area contributed by atoms with Crippen molar-refractivity contribution in [2.45, 2.75) is 13.3 Å². The van der Waals surface area contributed by atoms with Crippen LogP contribution < -0.4 is 10.6 Å². The molecule has 0 unspecified atom stereocenters. The second kappa shape index (κ2) is 8.14. The molecule has 0 aliphatic heterocycles. The molecular weight excluding hydrogens is 278 g/mol. The molecule has 0 aliphatic rings. The first kappa shape index (κ1) is 16.0. The SMILES string of the molecule is CCc1ccc(NC(=O)c2ccnc(NCCOC)c2)cc1. The van der Waals surface area contributed by atoms with Gasteiger partial charge in [0.2, 0.25) is 0 Å². The number of aromatic nitrogens is 1. The normalized spacial score (nSPS) is 10.3. The Bertz CT molecular complexity index is 612. The van der Waals surface area contributed by atoms with E-state index in [1.165, 1.54) is 5.56 Å². The van der Waals surface area contributed by atoms with Gasteiger partial charge in [0.1, 0.15) is 5.82 Å². The molecule has 1 aromatic heterocycles. The largest absolute Gasteiger partial charge is 0.383 e. The summed E-state index contributed by atoms with van der Waals surface area (Å²) in [6.07, 6.45) is 2.60. The first-order valence-corrected chi connectivity index (χ1v) is 7.32. The van der Waals surface area contributed by atoms with E-state index < -0.39 is 0 Å². The van der Waals surface area contributed by atoms with Crippen LogP contribution >= 0.6 is 0 Å². The fraction of sp³-hybridized carbons (Fsp3) is 0.294. The predicted molar refractivity (Wildman–Crippen MR) is 88.4 cm³/mol. The number of carbonyl (C=O) groups excluding carboxylic acids is 1. The summed E-state index contributed by atoms with van der Waals surface area (Å²) in [5.41, 5.74) is 2.59. The van der Waals surface area contributed by atoms with E-state index in [2.05, 4.69) is 22.5 Å². The number of carbonyl (C=O) groups is 1. The predicted octanol–water partition coefficient (Wildman–Crippen LogP) is 2.95. The topological polar surface area (TPSA) is 63.2 Å². The average Bonchev–Trinajstić information content (AvgIpc) is 2.56. The van der Waals surface area contributed by atoms with Gasteiger partial charge in [0.25, 0.3) is 5.91 Å². The first-order chi connectivity index (χ1) is 10.7. The fourth-order valence-corrected chi connectivity index (χ4v) is 1.98. The molecule has 1 aromatic carbocycles. The van der Waals surface area contributed by atoms with Crippen LogP contribution in [0, 0.1) is 0 Å². The molecule has 22 heavy (non-hydrogen) atoms. The second-order valence-corrected chi connectivity index (χ2v) is 4.85. The summed E-state index contributed by atoms with van der Waals surface area (Å²) in [6, 6.07) is 11.3. The number of rotatable bonds is 7. The van der Waals surface area contributed by atoms with Crippen molar-refractivity contribution < 1.29 is 9.53 Å². The van der Waals surface area contributed by atoms with Crippen molar-refractivity contribution in [3.63, 3.8) is 0 Å². The van der Waals surface area contributed by atoms with Crippen molar-refractivity contribution in [3.8, 4) is 0 Å². The van der Waals surface area contributed by atoms with Gasteiger partial charge in [-0.15, -0.1) is 0 Å². The quantitative estimate of drug-likeness (QED) is 0.772. The molecule has 0 radical (unpaired) electrons. The van der Waals surface area contributed by atoms with Crippen molar-refractivity contribution in [2.75, 3.05) is 30.9 Å². The summed E-state index contributed by atoms with van der Waals surface area (Å²) in [6.45, 7) is 3.33. The maximum Gasteiger partial charge on any atom is 0.255 e. The number of amides is 1. The van der Waals surface area contributed by atoms with Crippen LogP contribution in [0.2, 0.25) is 0 Å². The number of methoxy groups -OCH3 is 1. The summed E-state index contributed by atoms with van der Waals surface area (Å²) in [5, 5.41) is 5.99. The molecule has 2 N–H and O–H groups in total. The van der Waals surface area contributed by atoms with Crippen LogP contribution in [-0.4, -0.2) is 31.2 Å². The van der Waals surface area contributed by atoms with Crippen molar-refractivity contribution in [3.05, 3.63) is 53.7 Å². The Balaban J connectivity index is 2.00. The number of nitrogens with one attached hydrogen (secondary N) is 2. The number of ether oxygens (including phenoxy) is 1. The second-order valence-electron chi connectivity index (χ2n) is 4.85. The molecule has 0 saturated carbocycles. The summed E-state index contributed by atoms with van der Waals surface area (Å²) < 4.78 is 4.97. The van der Waals surface area contributed by atoms with E-state index in [0.29, 0.717) is 24.5 Å². The standard InChI is InChI=1S/C17H21N3O2/c1-3-13-4-6-15(7-5-13)20-17(21)14-8-9-18-16(12-14)19-10-11-22-2/h4-9,12H,3,10-11H2,1-2H3,(H,18,19)(H,20,21). The molecule has 1 heterocycles. The minimum absolute atomic E-state index is 0.151. The highest BCUT2D eigenvalue weighted by Crippen LogP contribution is 2.13. The van der Waals surface area contributed by atoms with E-state index in [9.17, 15) is 4.79 Å². The highest BCUT2D eigenvalue weighted by molar-refractivity contribution is 6.04. The van der Waals surface area contributed by atoms with Crippen molar-refractivity contribution in [1.82, 2.24) is 4.98 Å². The van der Waals surface area contributed by atoms with Gasteiger partial charge in [0.15, 0.2) is 0 Å². The van der Waals surface area contributed by atoms with Crippen LogP contribution in [0.25, 0.3) is 0 Å². The van der Waals surface area contributed by atoms with Crippen molar-refractivity contribution in [2.24, 2.45) is 0 Å². The zero-order chi connectivity index (χ0) is 15.8. The van der Waals surface area contributed by atoms with E-state index in [0.717, 1.165) is 12.1 Å². The van der Waals surface area contributed by atoms with Gasteiger partial charge < -0.3 is 15.4 Å². The van der Waals surface area contributed by atoms with Crippen molar-refractivity contribution >= 4 is 17.4 Å². The maximum absolute atomic E-state index is 12.3. The lowest BCUT2D eigenvalue weighted by Gasteiger charge is -2.08. The number of pyridine rings is 1. The molecule has 0 aliphatic carbocycles. The minimum atomic E-state index is -0.151. The summed E-state index contributed by atoms with van der Waals surface area (Å²) in [7, 11) is 1.64. The van der Waals surface area contributed by atoms with Gasteiger partial charge in [-0.2, -0.15) is 0 Å². The van der Waals surface area contributed by atoms with Gasteiger partial charge in [-0.25, -0.2) is 4.98 Å². The number of benzene rings is 1. The zero-order valence-electron chi connectivity index (χ0n) is 12.9. The maximum atomic E-state index is 12.3. The Morgan fingerprint density at radius 2 is 2.00 bits per heavy atom. The minimum Gasteiger partial charge on any atom is -0.383 e. The van der Waals surface area contributed by atoms with Crippen LogP contribution in [-0.2, 0) is 11.2 Å². The van der Waals surface area contributed by atoms with E-state index >= 15 is 0 Å². The third-order valence-corrected chi connectivity index (χ3v) is 3.25. The monoisotopic (exact) mass is 299 g/mol. The number of nitrogens with zero attached hydrogens (tertiary/aromatic N) is 1.